The molecule has 3 aliphatic heterocycles. The second kappa shape index (κ2) is 18.2. The molecular formula is C49H76O19. The lowest BCUT2D eigenvalue weighted by Gasteiger charge is -2.71. The maximum Gasteiger partial charge on any atom is 0.315 e. The van der Waals surface area contributed by atoms with E-state index in [2.05, 4.69) is 40.7 Å². The largest absolute Gasteiger partial charge is 0.432 e. The number of rotatable bonds is 9. The molecule has 0 amide bonds. The summed E-state index contributed by atoms with van der Waals surface area (Å²) in [6.45, 7) is 14.9. The number of hydrogen-bond donors (Lipinski definition) is 9. The summed E-state index contributed by atoms with van der Waals surface area (Å²) in [6, 6.07) is 0. The monoisotopic (exact) mass is 968 g/mol. The van der Waals surface area contributed by atoms with Gasteiger partial charge in [-0.15, -0.1) is 0 Å². The van der Waals surface area contributed by atoms with Gasteiger partial charge < -0.3 is 79.1 Å². The van der Waals surface area contributed by atoms with Gasteiger partial charge in [0.2, 0.25) is 6.29 Å². The first kappa shape index (κ1) is 52.3. The minimum Gasteiger partial charge on any atom is -0.432 e. The van der Waals surface area contributed by atoms with Crippen molar-refractivity contribution in [2.45, 2.75) is 205 Å². The molecule has 0 unspecified atom stereocenters. The third kappa shape index (κ3) is 7.91. The summed E-state index contributed by atoms with van der Waals surface area (Å²) in [6.07, 6.45) is -19.1. The molecule has 0 aromatic heterocycles. The van der Waals surface area contributed by atoms with E-state index in [0.717, 1.165) is 24.8 Å². The lowest BCUT2D eigenvalue weighted by molar-refractivity contribution is -0.361. The zero-order valence-corrected chi connectivity index (χ0v) is 40.7. The maximum atomic E-state index is 15.1. The van der Waals surface area contributed by atoms with Gasteiger partial charge in [0.15, 0.2) is 12.6 Å². The first-order valence-electron chi connectivity index (χ1n) is 24.5. The molecule has 0 bridgehead atoms. The SMILES string of the molecule is CO[C@@H]1C=C2[C@H]3CC(C)(C)C(=O)C[C@]3(C(=O)O[C@@H]3O[C@H](CO[C@@H]4O[C@H](CO)[C@@H](O[C@@H]5O[C@@H](C)[C@H](O)[C@@H](O)[C@H]5O)[C@H](O)[C@H]4O)[C@@H](O)[C@H](O)[C@H]3O)CC[C@@]2(C)[C@]2(C)CC[C@@H]3C(C)(C)C(=O)CC[C@@]3(C)[C@@H]12. The Bertz CT molecular complexity index is 1960. The number of ketones is 2. The Hall–Kier alpha value is -2.05. The van der Waals surface area contributed by atoms with Crippen molar-refractivity contribution in [3.63, 3.8) is 0 Å². The number of fused-ring (bicyclic) bond motifs is 7. The van der Waals surface area contributed by atoms with Crippen LogP contribution in [-0.4, -0.2) is 182 Å². The van der Waals surface area contributed by atoms with Gasteiger partial charge in [-0.05, 0) is 73.5 Å². The molecule has 0 aromatic rings. The molecule has 3 saturated heterocycles. The van der Waals surface area contributed by atoms with Crippen LogP contribution in [0.3, 0.4) is 0 Å². The second-order valence-electron chi connectivity index (χ2n) is 23.4. The normalized spacial score (nSPS) is 52.1. The van der Waals surface area contributed by atoms with Crippen LogP contribution in [0, 0.1) is 50.2 Å². The van der Waals surface area contributed by atoms with Crippen LogP contribution in [0.5, 0.6) is 0 Å². The molecule has 3 heterocycles. The number of hydrogen-bond acceptors (Lipinski definition) is 19. The minimum atomic E-state index is -1.94. The fourth-order valence-corrected chi connectivity index (χ4v) is 14.7. The Morgan fingerprint density at radius 2 is 1.37 bits per heavy atom. The smallest absolute Gasteiger partial charge is 0.315 e. The zero-order chi connectivity index (χ0) is 50.0. The molecule has 8 rings (SSSR count). The molecular weight excluding hydrogens is 893 g/mol. The highest BCUT2D eigenvalue weighted by atomic mass is 16.8. The quantitative estimate of drug-likeness (QED) is 0.110. The van der Waals surface area contributed by atoms with Gasteiger partial charge in [0.1, 0.15) is 78.7 Å². The highest BCUT2D eigenvalue weighted by Gasteiger charge is 2.72. The molecule has 0 radical (unpaired) electrons. The highest BCUT2D eigenvalue weighted by Crippen LogP contribution is 2.75. The standard InChI is InChI=1S/C49H76O19/c1-21-30(53)32(55)35(58)41(64-21)67-38-25(19-50)65-40(37(60)34(38)57)63-20-26-31(54)33(56)36(59)42(66-26)68-43(61)49-15-14-47(7)22(23(49)17-44(2,3)29(52)18-49)16-24(62-9)39-46(6)12-11-28(51)45(4,5)27(46)10-13-48(39,47)8/h16,21,23-27,30-42,50,53-60H,10-15,17-20H2,1-9H3/t21-,23+,24+,25+,26+,27+,30-,31+,32+,33-,34+,35+,36+,37+,38+,39+,40+,41-,42-,46+,47+,48+,49+/m0/s1. The van der Waals surface area contributed by atoms with E-state index in [1.54, 1.807) is 7.11 Å². The topological polar surface area (TPSA) is 298 Å². The van der Waals surface area contributed by atoms with E-state index in [1.165, 1.54) is 6.92 Å². The van der Waals surface area contributed by atoms with Gasteiger partial charge >= 0.3 is 5.97 Å². The Balaban J connectivity index is 1.01. The molecule has 7 fully saturated rings. The number of carbonyl (C=O) groups excluding carboxylic acids is 3. The lowest BCUT2D eigenvalue weighted by atomic mass is 9.33. The van der Waals surface area contributed by atoms with Gasteiger partial charge in [0.05, 0.1) is 30.8 Å². The lowest BCUT2D eigenvalue weighted by Crippen LogP contribution is -2.68. The average molecular weight is 969 g/mol. The fraction of sp³-hybridized carbons (Fsp3) is 0.898. The van der Waals surface area contributed by atoms with Gasteiger partial charge in [-0.3, -0.25) is 14.4 Å². The molecule has 4 saturated carbocycles. The van der Waals surface area contributed by atoms with E-state index in [9.17, 15) is 55.5 Å². The van der Waals surface area contributed by atoms with Gasteiger partial charge in [0, 0.05) is 36.7 Å². The predicted octanol–water partition coefficient (Wildman–Crippen LogP) is 0.180. The van der Waals surface area contributed by atoms with E-state index < -0.39 is 139 Å². The Morgan fingerprint density at radius 1 is 0.735 bits per heavy atom. The van der Waals surface area contributed by atoms with Crippen LogP contribution >= 0.6 is 0 Å². The Labute approximate surface area is 397 Å². The van der Waals surface area contributed by atoms with Crippen molar-refractivity contribution in [3.8, 4) is 0 Å². The molecule has 23 atom stereocenters. The number of esters is 1. The van der Waals surface area contributed by atoms with Crippen LogP contribution in [0.4, 0.5) is 0 Å². The molecule has 19 nitrogen and oxygen atoms in total. The number of allylic oxidation sites excluding steroid dienone is 1. The molecule has 0 spiro atoms. The summed E-state index contributed by atoms with van der Waals surface area (Å²) >= 11 is 0. The Morgan fingerprint density at radius 3 is 2.03 bits per heavy atom. The van der Waals surface area contributed by atoms with Crippen LogP contribution in [0.25, 0.3) is 0 Å². The Kier molecular flexibility index (Phi) is 14.0. The molecule has 68 heavy (non-hydrogen) atoms. The summed E-state index contributed by atoms with van der Waals surface area (Å²) in [5, 5.41) is 96.6. The van der Waals surface area contributed by atoms with Gasteiger partial charge in [-0.1, -0.05) is 60.1 Å². The van der Waals surface area contributed by atoms with E-state index in [0.29, 0.717) is 25.0 Å². The van der Waals surface area contributed by atoms with Crippen molar-refractivity contribution in [1.29, 1.82) is 0 Å². The zero-order valence-electron chi connectivity index (χ0n) is 40.7. The average Bonchev–Trinajstić information content (AvgIpc) is 3.28. The summed E-state index contributed by atoms with van der Waals surface area (Å²) in [4.78, 5) is 42.5. The fourth-order valence-electron chi connectivity index (χ4n) is 14.7. The van der Waals surface area contributed by atoms with Crippen LogP contribution in [0.2, 0.25) is 0 Å². The van der Waals surface area contributed by atoms with E-state index in [-0.39, 0.29) is 47.4 Å². The number of methoxy groups -OCH3 is 1. The van der Waals surface area contributed by atoms with Crippen molar-refractivity contribution < 1.29 is 93.5 Å². The molecule has 9 N–H and O–H groups in total. The van der Waals surface area contributed by atoms with Crippen LogP contribution in [0.1, 0.15) is 107 Å². The van der Waals surface area contributed by atoms with Gasteiger partial charge in [-0.2, -0.15) is 0 Å². The van der Waals surface area contributed by atoms with E-state index >= 15 is 4.79 Å². The van der Waals surface area contributed by atoms with Crippen molar-refractivity contribution in [2.24, 2.45) is 50.2 Å². The number of Topliss-reactive ketones (excluding diaryl/α,β-unsaturated/α-hetero) is 2. The molecule has 8 aliphatic rings. The third-order valence-corrected chi connectivity index (χ3v) is 19.2. The summed E-state index contributed by atoms with van der Waals surface area (Å²) in [5.41, 5.74) is -2.61. The van der Waals surface area contributed by atoms with Crippen molar-refractivity contribution in [3.05, 3.63) is 11.6 Å². The first-order chi connectivity index (χ1) is 31.6. The minimum absolute atomic E-state index is 0.0583. The molecule has 0 aromatic carbocycles. The highest BCUT2D eigenvalue weighted by molar-refractivity contribution is 5.93. The van der Waals surface area contributed by atoms with Crippen molar-refractivity contribution in [1.82, 2.24) is 0 Å². The summed E-state index contributed by atoms with van der Waals surface area (Å²) < 4.78 is 41.0. The second-order valence-corrected chi connectivity index (χ2v) is 23.4. The van der Waals surface area contributed by atoms with Gasteiger partial charge in [0.25, 0.3) is 0 Å². The number of aliphatic hydroxyl groups excluding tert-OH is 9. The third-order valence-electron chi connectivity index (χ3n) is 19.2. The number of ether oxygens (including phenoxy) is 7. The van der Waals surface area contributed by atoms with Crippen LogP contribution < -0.4 is 0 Å². The van der Waals surface area contributed by atoms with E-state index in [1.807, 2.05) is 13.8 Å². The van der Waals surface area contributed by atoms with E-state index in [4.69, 9.17) is 33.2 Å². The first-order valence-corrected chi connectivity index (χ1v) is 24.5. The van der Waals surface area contributed by atoms with Crippen LogP contribution in [0.15, 0.2) is 11.6 Å². The maximum absolute atomic E-state index is 15.1. The van der Waals surface area contributed by atoms with Gasteiger partial charge in [-0.25, -0.2) is 0 Å². The molecule has 386 valence electrons. The van der Waals surface area contributed by atoms with Crippen LogP contribution in [-0.2, 0) is 47.5 Å². The van der Waals surface area contributed by atoms with Crippen molar-refractivity contribution >= 4 is 17.5 Å². The predicted molar refractivity (Wildman–Crippen MR) is 234 cm³/mol. The molecule has 19 heteroatoms. The number of aliphatic hydroxyl groups is 9. The van der Waals surface area contributed by atoms with Crippen molar-refractivity contribution in [2.75, 3.05) is 20.3 Å². The number of carbonyl (C=O) groups is 3. The summed E-state index contributed by atoms with van der Waals surface area (Å²) in [5.74, 6) is -0.905. The molecule has 5 aliphatic carbocycles. The summed E-state index contributed by atoms with van der Waals surface area (Å²) in [7, 11) is 1.71.